The summed E-state index contributed by atoms with van der Waals surface area (Å²) in [5, 5.41) is -0.529. The van der Waals surface area contributed by atoms with E-state index in [0.717, 1.165) is 11.1 Å². The first-order valence-electron chi connectivity index (χ1n) is 5.93. The number of alkyl halides is 1. The van der Waals surface area contributed by atoms with E-state index in [1.807, 2.05) is 48.5 Å². The lowest BCUT2D eigenvalue weighted by atomic mass is 10.0. The van der Waals surface area contributed by atoms with Gasteiger partial charge in [-0.1, -0.05) is 77.8 Å². The molecule has 1 nitrogen and oxygen atoms in total. The second-order valence-electron chi connectivity index (χ2n) is 4.04. The molecule has 0 aliphatic rings. The van der Waals surface area contributed by atoms with E-state index in [1.54, 1.807) is 12.1 Å². The molecule has 0 bridgehead atoms. The van der Waals surface area contributed by atoms with Crippen molar-refractivity contribution in [3.8, 4) is 0 Å². The smallest absolute Gasteiger partial charge is 0.194 e. The van der Waals surface area contributed by atoms with Crippen LogP contribution in [0.3, 0.4) is 0 Å². The molecule has 3 heteroatoms. The van der Waals surface area contributed by atoms with E-state index >= 15 is 0 Å². The topological polar surface area (TPSA) is 9.23 Å². The van der Waals surface area contributed by atoms with Crippen LogP contribution >= 0.6 is 23.2 Å². The van der Waals surface area contributed by atoms with Gasteiger partial charge >= 0.3 is 0 Å². The van der Waals surface area contributed by atoms with E-state index in [4.69, 9.17) is 27.9 Å². The van der Waals surface area contributed by atoms with Gasteiger partial charge in [-0.05, 0) is 6.07 Å². The van der Waals surface area contributed by atoms with E-state index < -0.39 is 5.06 Å². The molecule has 0 N–H and O–H groups in total. The molecular weight excluding hydrogens is 279 g/mol. The summed E-state index contributed by atoms with van der Waals surface area (Å²) >= 11 is 13.0. The molecule has 0 heterocycles. The maximum Gasteiger partial charge on any atom is 0.194 e. The Morgan fingerprint density at radius 1 is 1.05 bits per heavy atom. The SMILES string of the molecule is C=CCOC(Cl)(c1ccccc1)c1ccccc1Cl. The Kier molecular flexibility index (Phi) is 4.65. The third kappa shape index (κ3) is 3.01. The predicted octanol–water partition coefficient (Wildman–Crippen LogP) is 4.98. The molecule has 0 aliphatic carbocycles. The molecule has 0 aromatic heterocycles. The van der Waals surface area contributed by atoms with Crippen molar-refractivity contribution in [2.24, 2.45) is 0 Å². The van der Waals surface area contributed by atoms with Crippen LogP contribution in [0, 0.1) is 0 Å². The molecule has 1 atom stereocenters. The highest BCUT2D eigenvalue weighted by molar-refractivity contribution is 6.33. The fraction of sp³-hybridized carbons (Fsp3) is 0.125. The quantitative estimate of drug-likeness (QED) is 0.558. The molecule has 0 saturated carbocycles. The van der Waals surface area contributed by atoms with E-state index in [-0.39, 0.29) is 0 Å². The normalized spacial score (nSPS) is 13.8. The second kappa shape index (κ2) is 6.25. The van der Waals surface area contributed by atoms with Gasteiger partial charge in [0, 0.05) is 16.1 Å². The predicted molar refractivity (Wildman–Crippen MR) is 80.7 cm³/mol. The summed E-state index contributed by atoms with van der Waals surface area (Å²) in [5.41, 5.74) is 1.57. The third-order valence-corrected chi connectivity index (χ3v) is 3.63. The minimum atomic E-state index is -1.10. The van der Waals surface area contributed by atoms with Gasteiger partial charge in [0.1, 0.15) is 0 Å². The molecule has 2 aromatic carbocycles. The van der Waals surface area contributed by atoms with E-state index in [0.29, 0.717) is 11.6 Å². The molecule has 0 fully saturated rings. The van der Waals surface area contributed by atoms with Crippen LogP contribution in [0.1, 0.15) is 11.1 Å². The molecule has 2 rings (SSSR count). The number of hydrogen-bond donors (Lipinski definition) is 0. The van der Waals surface area contributed by atoms with Crippen molar-refractivity contribution in [1.29, 1.82) is 0 Å². The van der Waals surface area contributed by atoms with Gasteiger partial charge in [-0.15, -0.1) is 6.58 Å². The molecule has 2 aromatic rings. The summed E-state index contributed by atoms with van der Waals surface area (Å²) in [4.78, 5) is 0. The number of hydrogen-bond acceptors (Lipinski definition) is 1. The van der Waals surface area contributed by atoms with Crippen LogP contribution in [0.25, 0.3) is 0 Å². The van der Waals surface area contributed by atoms with Crippen LogP contribution < -0.4 is 0 Å². The van der Waals surface area contributed by atoms with Gasteiger partial charge in [0.15, 0.2) is 5.06 Å². The summed E-state index contributed by atoms with van der Waals surface area (Å²) < 4.78 is 5.79. The van der Waals surface area contributed by atoms with Gasteiger partial charge in [0.25, 0.3) is 0 Å². The lowest BCUT2D eigenvalue weighted by Gasteiger charge is -2.28. The standard InChI is InChI=1S/C16H14Cl2O/c1-2-12-19-16(18,13-8-4-3-5-9-13)14-10-6-7-11-15(14)17/h2-11H,1,12H2. The zero-order valence-corrected chi connectivity index (χ0v) is 11.9. The minimum Gasteiger partial charge on any atom is -0.347 e. The zero-order chi connectivity index (χ0) is 13.7. The third-order valence-electron chi connectivity index (χ3n) is 2.77. The number of benzene rings is 2. The van der Waals surface area contributed by atoms with Crippen LogP contribution in [0.4, 0.5) is 0 Å². The van der Waals surface area contributed by atoms with Gasteiger partial charge in [0.2, 0.25) is 0 Å². The summed E-state index contributed by atoms with van der Waals surface area (Å²) in [5.74, 6) is 0. The Balaban J connectivity index is 2.52. The van der Waals surface area contributed by atoms with Gasteiger partial charge in [-0.3, -0.25) is 0 Å². The van der Waals surface area contributed by atoms with Crippen molar-refractivity contribution in [2.75, 3.05) is 6.61 Å². The Hall–Kier alpha value is -1.28. The van der Waals surface area contributed by atoms with E-state index in [9.17, 15) is 0 Å². The number of rotatable bonds is 5. The van der Waals surface area contributed by atoms with Crippen molar-refractivity contribution in [3.63, 3.8) is 0 Å². The van der Waals surface area contributed by atoms with E-state index in [2.05, 4.69) is 6.58 Å². The molecule has 0 amide bonds. The maximum atomic E-state index is 6.72. The fourth-order valence-electron chi connectivity index (χ4n) is 1.86. The fourth-order valence-corrected chi connectivity index (χ4v) is 2.54. The lowest BCUT2D eigenvalue weighted by molar-refractivity contribution is 0.0678. The largest absolute Gasteiger partial charge is 0.347 e. The van der Waals surface area contributed by atoms with Gasteiger partial charge < -0.3 is 4.74 Å². The summed E-state index contributed by atoms with van der Waals surface area (Å²) in [7, 11) is 0. The monoisotopic (exact) mass is 292 g/mol. The summed E-state index contributed by atoms with van der Waals surface area (Å²) in [6, 6.07) is 17.0. The first-order chi connectivity index (χ1) is 9.18. The summed E-state index contributed by atoms with van der Waals surface area (Å²) in [6.07, 6.45) is 1.66. The first-order valence-corrected chi connectivity index (χ1v) is 6.68. The van der Waals surface area contributed by atoms with Crippen molar-refractivity contribution >= 4 is 23.2 Å². The number of halogens is 2. The second-order valence-corrected chi connectivity index (χ2v) is 4.98. The van der Waals surface area contributed by atoms with Gasteiger partial charge in [-0.2, -0.15) is 0 Å². The van der Waals surface area contributed by atoms with Crippen LogP contribution in [0.2, 0.25) is 5.02 Å². The molecule has 0 aliphatic heterocycles. The van der Waals surface area contributed by atoms with Crippen molar-refractivity contribution < 1.29 is 4.74 Å². The van der Waals surface area contributed by atoms with Crippen molar-refractivity contribution in [3.05, 3.63) is 83.4 Å². The first kappa shape index (κ1) is 14.1. The highest BCUT2D eigenvalue weighted by Gasteiger charge is 2.34. The molecule has 19 heavy (non-hydrogen) atoms. The van der Waals surface area contributed by atoms with Crippen LogP contribution in [0.15, 0.2) is 67.3 Å². The Morgan fingerprint density at radius 2 is 1.68 bits per heavy atom. The highest BCUT2D eigenvalue weighted by Crippen LogP contribution is 2.41. The van der Waals surface area contributed by atoms with Crippen LogP contribution in [-0.2, 0) is 9.80 Å². The van der Waals surface area contributed by atoms with Crippen LogP contribution in [0.5, 0.6) is 0 Å². The number of ether oxygens (including phenoxy) is 1. The molecule has 1 unspecified atom stereocenters. The molecule has 0 radical (unpaired) electrons. The van der Waals surface area contributed by atoms with Gasteiger partial charge in [-0.25, -0.2) is 0 Å². The zero-order valence-electron chi connectivity index (χ0n) is 10.4. The average Bonchev–Trinajstić information content (AvgIpc) is 2.46. The lowest BCUT2D eigenvalue weighted by Crippen LogP contribution is -2.25. The molecular formula is C16H14Cl2O. The van der Waals surface area contributed by atoms with Crippen molar-refractivity contribution in [1.82, 2.24) is 0 Å². The molecule has 98 valence electrons. The summed E-state index contributed by atoms with van der Waals surface area (Å²) in [6.45, 7) is 3.99. The molecule has 0 saturated heterocycles. The Labute approximate surface area is 123 Å². The molecule has 0 spiro atoms. The maximum absolute atomic E-state index is 6.72. The Bertz CT molecular complexity index is 554. The minimum absolute atomic E-state index is 0.337. The Morgan fingerprint density at radius 3 is 2.32 bits per heavy atom. The highest BCUT2D eigenvalue weighted by atomic mass is 35.5. The van der Waals surface area contributed by atoms with E-state index in [1.165, 1.54) is 0 Å². The van der Waals surface area contributed by atoms with Crippen molar-refractivity contribution in [2.45, 2.75) is 5.06 Å². The van der Waals surface area contributed by atoms with Crippen LogP contribution in [-0.4, -0.2) is 6.61 Å². The van der Waals surface area contributed by atoms with Gasteiger partial charge in [0.05, 0.1) is 6.61 Å². The average molecular weight is 293 g/mol.